The van der Waals surface area contributed by atoms with Crippen molar-refractivity contribution in [1.29, 1.82) is 0 Å². The third kappa shape index (κ3) is 5.40. The van der Waals surface area contributed by atoms with Gasteiger partial charge in [0.05, 0.1) is 12.3 Å². The summed E-state index contributed by atoms with van der Waals surface area (Å²) in [6.07, 6.45) is 3.99. The van der Waals surface area contributed by atoms with Crippen molar-refractivity contribution in [2.75, 3.05) is 30.3 Å². The molecule has 1 saturated heterocycles. The Balaban J connectivity index is 1.49. The lowest BCUT2D eigenvalue weighted by Crippen LogP contribution is -2.29. The van der Waals surface area contributed by atoms with Gasteiger partial charge in [-0.05, 0) is 31.0 Å². The van der Waals surface area contributed by atoms with Gasteiger partial charge in [0.25, 0.3) is 0 Å². The highest BCUT2D eigenvalue weighted by atomic mass is 32.2. The first-order chi connectivity index (χ1) is 12.1. The fraction of sp³-hybridized carbons (Fsp3) is 0.412. The summed E-state index contributed by atoms with van der Waals surface area (Å²) in [5, 5.41) is 0. The van der Waals surface area contributed by atoms with Crippen LogP contribution in [0.3, 0.4) is 0 Å². The van der Waals surface area contributed by atoms with Crippen LogP contribution in [-0.4, -0.2) is 43.8 Å². The number of sulfonamides is 1. The number of hydrogen-bond donors (Lipinski definition) is 1. The number of rotatable bonds is 8. The lowest BCUT2D eigenvalue weighted by molar-refractivity contribution is 0.340. The molecule has 2 aromatic rings. The van der Waals surface area contributed by atoms with Gasteiger partial charge in [-0.1, -0.05) is 18.2 Å². The summed E-state index contributed by atoms with van der Waals surface area (Å²) in [7, 11) is -3.45. The number of hydrogen-bond acceptors (Lipinski definition) is 6. The van der Waals surface area contributed by atoms with Crippen LogP contribution in [0.4, 0.5) is 5.82 Å². The van der Waals surface area contributed by atoms with Gasteiger partial charge >= 0.3 is 0 Å². The molecule has 0 spiro atoms. The van der Waals surface area contributed by atoms with Gasteiger partial charge in [0.1, 0.15) is 24.0 Å². The van der Waals surface area contributed by atoms with Crippen molar-refractivity contribution < 1.29 is 13.2 Å². The second-order valence-corrected chi connectivity index (χ2v) is 7.75. The van der Waals surface area contributed by atoms with E-state index in [-0.39, 0.29) is 18.9 Å². The molecule has 0 bridgehead atoms. The Morgan fingerprint density at radius 1 is 1.12 bits per heavy atom. The van der Waals surface area contributed by atoms with Gasteiger partial charge in [0, 0.05) is 19.3 Å². The number of nitrogens with one attached hydrogen (secondary N) is 1. The van der Waals surface area contributed by atoms with Crippen molar-refractivity contribution in [3.63, 3.8) is 0 Å². The Hall–Kier alpha value is -2.19. The first kappa shape index (κ1) is 17.6. The molecule has 0 aliphatic carbocycles. The van der Waals surface area contributed by atoms with Crippen LogP contribution in [0.25, 0.3) is 0 Å². The fourth-order valence-electron chi connectivity index (χ4n) is 2.63. The van der Waals surface area contributed by atoms with E-state index in [0.29, 0.717) is 11.6 Å². The molecule has 1 fully saturated rings. The van der Waals surface area contributed by atoms with Gasteiger partial charge in [-0.3, -0.25) is 0 Å². The number of benzene rings is 1. The first-order valence-corrected chi connectivity index (χ1v) is 10.00. The molecule has 25 heavy (non-hydrogen) atoms. The van der Waals surface area contributed by atoms with Crippen molar-refractivity contribution in [3.05, 3.63) is 48.4 Å². The Morgan fingerprint density at radius 2 is 1.88 bits per heavy atom. The smallest absolute Gasteiger partial charge is 0.215 e. The van der Waals surface area contributed by atoms with Crippen molar-refractivity contribution >= 4 is 15.8 Å². The zero-order valence-corrected chi connectivity index (χ0v) is 14.8. The largest absolute Gasteiger partial charge is 0.492 e. The van der Waals surface area contributed by atoms with Crippen molar-refractivity contribution in [2.45, 2.75) is 19.4 Å². The van der Waals surface area contributed by atoms with Gasteiger partial charge < -0.3 is 9.64 Å². The van der Waals surface area contributed by atoms with Crippen LogP contribution >= 0.6 is 0 Å². The quantitative estimate of drug-likeness (QED) is 0.767. The van der Waals surface area contributed by atoms with Crippen molar-refractivity contribution in [3.8, 4) is 5.75 Å². The minimum absolute atomic E-state index is 0.0787. The lowest BCUT2D eigenvalue weighted by atomic mass is 10.3. The van der Waals surface area contributed by atoms with Crippen LogP contribution in [0.2, 0.25) is 0 Å². The maximum Gasteiger partial charge on any atom is 0.215 e. The normalized spacial score (nSPS) is 14.6. The summed E-state index contributed by atoms with van der Waals surface area (Å²) in [4.78, 5) is 10.8. The van der Waals surface area contributed by atoms with E-state index in [9.17, 15) is 8.42 Å². The van der Waals surface area contributed by atoms with Gasteiger partial charge in [0.2, 0.25) is 10.0 Å². The molecule has 7 nitrogen and oxygen atoms in total. The van der Waals surface area contributed by atoms with E-state index in [0.717, 1.165) is 31.7 Å². The first-order valence-electron chi connectivity index (χ1n) is 8.34. The summed E-state index contributed by atoms with van der Waals surface area (Å²) in [5.74, 6) is 1.86. The number of anilines is 1. The topological polar surface area (TPSA) is 84.4 Å². The second kappa shape index (κ2) is 8.26. The highest BCUT2D eigenvalue weighted by molar-refractivity contribution is 7.89. The van der Waals surface area contributed by atoms with E-state index in [1.54, 1.807) is 18.3 Å². The van der Waals surface area contributed by atoms with E-state index in [1.165, 1.54) is 0 Å². The number of aromatic nitrogens is 2. The molecule has 1 N–H and O–H groups in total. The molecule has 2 heterocycles. The molecule has 0 radical (unpaired) electrons. The van der Waals surface area contributed by atoms with Crippen LogP contribution in [0.1, 0.15) is 18.7 Å². The third-order valence-electron chi connectivity index (χ3n) is 3.94. The molecule has 1 aromatic carbocycles. The van der Waals surface area contributed by atoms with Crippen LogP contribution in [0.5, 0.6) is 5.75 Å². The molecule has 3 rings (SSSR count). The summed E-state index contributed by atoms with van der Waals surface area (Å²) >= 11 is 0. The Bertz CT molecular complexity index is 777. The van der Waals surface area contributed by atoms with E-state index in [4.69, 9.17) is 4.74 Å². The predicted octanol–water partition coefficient (Wildman–Crippen LogP) is 1.58. The Kier molecular flexibility index (Phi) is 5.83. The van der Waals surface area contributed by atoms with Gasteiger partial charge in [0.15, 0.2) is 0 Å². The molecular weight excluding hydrogens is 340 g/mol. The fourth-order valence-corrected chi connectivity index (χ4v) is 3.42. The van der Waals surface area contributed by atoms with Crippen molar-refractivity contribution in [1.82, 2.24) is 14.7 Å². The van der Waals surface area contributed by atoms with Crippen LogP contribution in [0, 0.1) is 0 Å². The van der Waals surface area contributed by atoms with Gasteiger partial charge in [-0.15, -0.1) is 0 Å². The molecule has 1 aliphatic heterocycles. The number of nitrogens with zero attached hydrogens (tertiary/aromatic N) is 3. The summed E-state index contributed by atoms with van der Waals surface area (Å²) in [6.45, 7) is 2.14. The number of para-hydroxylation sites is 1. The monoisotopic (exact) mass is 362 g/mol. The summed E-state index contributed by atoms with van der Waals surface area (Å²) in [5.41, 5.74) is 0. The van der Waals surface area contributed by atoms with Gasteiger partial charge in [-0.2, -0.15) is 0 Å². The molecule has 0 atom stereocenters. The molecule has 0 amide bonds. The molecule has 134 valence electrons. The second-order valence-electron chi connectivity index (χ2n) is 5.83. The highest BCUT2D eigenvalue weighted by Crippen LogP contribution is 2.16. The standard InChI is InChI=1S/C17H22N4O3S/c22-25(23,13-12-24-15-6-2-1-3-7-15)19-14-16-18-9-8-17(20-16)21-10-4-5-11-21/h1-3,6-9,19H,4-5,10-14H2. The molecule has 1 aliphatic rings. The van der Waals surface area contributed by atoms with E-state index < -0.39 is 10.0 Å². The molecular formula is C17H22N4O3S. The predicted molar refractivity (Wildman–Crippen MR) is 96.0 cm³/mol. The minimum Gasteiger partial charge on any atom is -0.492 e. The van der Waals surface area contributed by atoms with Crippen LogP contribution in [-0.2, 0) is 16.6 Å². The summed E-state index contributed by atoms with van der Waals surface area (Å²) < 4.78 is 32.1. The zero-order valence-electron chi connectivity index (χ0n) is 14.0. The van der Waals surface area contributed by atoms with Crippen LogP contribution < -0.4 is 14.4 Å². The zero-order chi connectivity index (χ0) is 17.5. The van der Waals surface area contributed by atoms with E-state index in [2.05, 4.69) is 19.6 Å². The average Bonchev–Trinajstić information content (AvgIpc) is 3.16. The van der Waals surface area contributed by atoms with Gasteiger partial charge in [-0.25, -0.2) is 23.1 Å². The molecule has 8 heteroatoms. The number of ether oxygens (including phenoxy) is 1. The Morgan fingerprint density at radius 3 is 2.64 bits per heavy atom. The van der Waals surface area contributed by atoms with Crippen LogP contribution in [0.15, 0.2) is 42.6 Å². The maximum absolute atomic E-state index is 12.1. The van der Waals surface area contributed by atoms with E-state index in [1.807, 2.05) is 24.3 Å². The SMILES string of the molecule is O=S(=O)(CCOc1ccccc1)NCc1nccc(N2CCCC2)n1. The highest BCUT2D eigenvalue weighted by Gasteiger charge is 2.15. The van der Waals surface area contributed by atoms with Crippen molar-refractivity contribution in [2.24, 2.45) is 0 Å². The van der Waals surface area contributed by atoms with E-state index >= 15 is 0 Å². The molecule has 0 saturated carbocycles. The lowest BCUT2D eigenvalue weighted by Gasteiger charge is -2.16. The maximum atomic E-state index is 12.1. The minimum atomic E-state index is -3.45. The average molecular weight is 362 g/mol. The molecule has 1 aromatic heterocycles. The third-order valence-corrected chi connectivity index (χ3v) is 5.22. The summed E-state index contributed by atoms with van der Waals surface area (Å²) in [6, 6.07) is 11.0. The Labute approximate surface area is 148 Å². The molecule has 0 unspecified atom stereocenters.